The molecule has 0 saturated carbocycles. The van der Waals surface area contributed by atoms with Gasteiger partial charge in [-0.3, -0.25) is 0 Å². The van der Waals surface area contributed by atoms with E-state index in [1.807, 2.05) is 18.2 Å². The van der Waals surface area contributed by atoms with Crippen LogP contribution in [0, 0.1) is 3.57 Å². The SMILES string of the molecule is O=C(O)c1cc(Br)cnc1Nc1ccc(Br)c(I)c1. The smallest absolute Gasteiger partial charge is 0.339 e. The van der Waals surface area contributed by atoms with Crippen LogP contribution < -0.4 is 5.32 Å². The highest BCUT2D eigenvalue weighted by Crippen LogP contribution is 2.26. The number of pyridine rings is 1. The number of carbonyl (C=O) groups is 1. The monoisotopic (exact) mass is 496 g/mol. The number of hydrogen-bond acceptors (Lipinski definition) is 3. The average molecular weight is 498 g/mol. The second-order valence-corrected chi connectivity index (χ2v) is 6.54. The fraction of sp³-hybridized carbons (Fsp3) is 0. The van der Waals surface area contributed by atoms with Gasteiger partial charge in [0.1, 0.15) is 11.4 Å². The van der Waals surface area contributed by atoms with E-state index in [0.717, 1.165) is 13.7 Å². The van der Waals surface area contributed by atoms with Crippen molar-refractivity contribution in [1.29, 1.82) is 0 Å². The van der Waals surface area contributed by atoms with Crippen molar-refractivity contribution in [2.24, 2.45) is 0 Å². The van der Waals surface area contributed by atoms with E-state index in [-0.39, 0.29) is 5.56 Å². The zero-order chi connectivity index (χ0) is 14.0. The molecule has 0 radical (unpaired) electrons. The number of nitrogens with zero attached hydrogens (tertiary/aromatic N) is 1. The molecular formula is C12H7Br2IN2O2. The van der Waals surface area contributed by atoms with Crippen molar-refractivity contribution in [3.63, 3.8) is 0 Å². The number of halogens is 3. The molecule has 0 fully saturated rings. The van der Waals surface area contributed by atoms with Crippen LogP contribution in [0.25, 0.3) is 0 Å². The molecule has 0 aliphatic rings. The summed E-state index contributed by atoms with van der Waals surface area (Å²) in [4.78, 5) is 15.3. The normalized spacial score (nSPS) is 10.3. The van der Waals surface area contributed by atoms with E-state index in [2.05, 4.69) is 64.8 Å². The fourth-order valence-electron chi connectivity index (χ4n) is 1.41. The van der Waals surface area contributed by atoms with E-state index < -0.39 is 5.97 Å². The molecule has 0 spiro atoms. The van der Waals surface area contributed by atoms with Gasteiger partial charge >= 0.3 is 5.97 Å². The maximum atomic E-state index is 11.2. The minimum absolute atomic E-state index is 0.118. The number of anilines is 2. The third-order valence-corrected chi connectivity index (χ3v) is 5.03. The van der Waals surface area contributed by atoms with Crippen molar-refractivity contribution in [1.82, 2.24) is 4.98 Å². The first kappa shape index (κ1) is 14.7. The van der Waals surface area contributed by atoms with Gasteiger partial charge in [0.15, 0.2) is 0 Å². The molecule has 2 N–H and O–H groups in total. The maximum Gasteiger partial charge on any atom is 0.339 e. The van der Waals surface area contributed by atoms with Crippen molar-refractivity contribution in [3.05, 3.63) is 48.5 Å². The number of aromatic nitrogens is 1. The first-order chi connectivity index (χ1) is 8.97. The van der Waals surface area contributed by atoms with Crippen LogP contribution in [0.1, 0.15) is 10.4 Å². The number of carboxylic acids is 1. The van der Waals surface area contributed by atoms with Crippen LogP contribution in [-0.4, -0.2) is 16.1 Å². The topological polar surface area (TPSA) is 62.2 Å². The molecule has 1 aromatic heterocycles. The molecule has 1 aromatic carbocycles. The van der Waals surface area contributed by atoms with Gasteiger partial charge in [-0.05, 0) is 78.7 Å². The maximum absolute atomic E-state index is 11.2. The summed E-state index contributed by atoms with van der Waals surface area (Å²) in [5.41, 5.74) is 0.900. The minimum Gasteiger partial charge on any atom is -0.478 e. The number of hydrogen-bond donors (Lipinski definition) is 2. The molecule has 1 heterocycles. The highest BCUT2D eigenvalue weighted by molar-refractivity contribution is 14.1. The first-order valence-electron chi connectivity index (χ1n) is 5.08. The molecule has 0 saturated heterocycles. The van der Waals surface area contributed by atoms with Gasteiger partial charge in [-0.25, -0.2) is 9.78 Å². The standard InChI is InChI=1S/C12H7Br2IN2O2/c13-6-3-8(12(18)19)11(16-5-6)17-7-1-2-9(14)10(15)4-7/h1-5H,(H,16,17)(H,18,19). The van der Waals surface area contributed by atoms with Gasteiger partial charge in [0, 0.05) is 24.4 Å². The Kier molecular flexibility index (Phi) is 4.80. The Hall–Kier alpha value is -0.670. The van der Waals surface area contributed by atoms with Crippen LogP contribution in [0.15, 0.2) is 39.4 Å². The predicted molar refractivity (Wildman–Crippen MR) is 89.0 cm³/mol. The molecule has 7 heteroatoms. The predicted octanol–water partition coefficient (Wildman–Crippen LogP) is 4.65. The number of rotatable bonds is 3. The lowest BCUT2D eigenvalue weighted by Crippen LogP contribution is -2.05. The van der Waals surface area contributed by atoms with Crippen molar-refractivity contribution >= 4 is 71.9 Å². The van der Waals surface area contributed by atoms with Gasteiger partial charge in [-0.15, -0.1) is 0 Å². The lowest BCUT2D eigenvalue weighted by molar-refractivity contribution is 0.0697. The number of nitrogens with one attached hydrogen (secondary N) is 1. The number of carboxylic acid groups (broad SMARTS) is 1. The molecule has 0 bridgehead atoms. The first-order valence-corrected chi connectivity index (χ1v) is 7.75. The molecule has 0 aliphatic carbocycles. The van der Waals surface area contributed by atoms with Crippen LogP contribution in [0.2, 0.25) is 0 Å². The van der Waals surface area contributed by atoms with Crippen LogP contribution >= 0.6 is 54.5 Å². The van der Waals surface area contributed by atoms with Crippen molar-refractivity contribution in [2.75, 3.05) is 5.32 Å². The molecular weight excluding hydrogens is 491 g/mol. The van der Waals surface area contributed by atoms with E-state index in [0.29, 0.717) is 10.3 Å². The molecule has 2 aromatic rings. The van der Waals surface area contributed by atoms with Gasteiger partial charge in [-0.2, -0.15) is 0 Å². The highest BCUT2D eigenvalue weighted by atomic mass is 127. The Labute approximate surface area is 140 Å². The average Bonchev–Trinajstić information content (AvgIpc) is 2.36. The molecule has 2 rings (SSSR count). The Balaban J connectivity index is 2.37. The fourth-order valence-corrected chi connectivity index (χ4v) is 2.51. The molecule has 0 atom stereocenters. The van der Waals surface area contributed by atoms with E-state index in [1.54, 1.807) is 6.20 Å². The Morgan fingerprint density at radius 2 is 2.05 bits per heavy atom. The molecule has 0 amide bonds. The van der Waals surface area contributed by atoms with Crippen LogP contribution in [0.3, 0.4) is 0 Å². The molecule has 98 valence electrons. The third kappa shape index (κ3) is 3.67. The van der Waals surface area contributed by atoms with Gasteiger partial charge in [0.05, 0.1) is 0 Å². The number of aromatic carboxylic acids is 1. The van der Waals surface area contributed by atoms with Gasteiger partial charge in [-0.1, -0.05) is 0 Å². The molecule has 4 nitrogen and oxygen atoms in total. The van der Waals surface area contributed by atoms with Crippen LogP contribution in [0.4, 0.5) is 11.5 Å². The van der Waals surface area contributed by atoms with Crippen molar-refractivity contribution in [2.45, 2.75) is 0 Å². The summed E-state index contributed by atoms with van der Waals surface area (Å²) in [5, 5.41) is 12.2. The molecule has 19 heavy (non-hydrogen) atoms. The Morgan fingerprint density at radius 3 is 2.68 bits per heavy atom. The highest BCUT2D eigenvalue weighted by Gasteiger charge is 2.12. The zero-order valence-electron chi connectivity index (χ0n) is 9.32. The lowest BCUT2D eigenvalue weighted by atomic mass is 10.2. The summed E-state index contributed by atoms with van der Waals surface area (Å²) < 4.78 is 2.64. The minimum atomic E-state index is -1.02. The quantitative estimate of drug-likeness (QED) is 0.606. The van der Waals surface area contributed by atoms with Gasteiger partial charge < -0.3 is 10.4 Å². The summed E-state index contributed by atoms with van der Waals surface area (Å²) in [6.45, 7) is 0. The summed E-state index contributed by atoms with van der Waals surface area (Å²) in [7, 11) is 0. The van der Waals surface area contributed by atoms with Gasteiger partial charge in [0.2, 0.25) is 0 Å². The van der Waals surface area contributed by atoms with Crippen molar-refractivity contribution < 1.29 is 9.90 Å². The Morgan fingerprint density at radius 1 is 1.32 bits per heavy atom. The second kappa shape index (κ2) is 6.19. The van der Waals surface area contributed by atoms with Gasteiger partial charge in [0.25, 0.3) is 0 Å². The van der Waals surface area contributed by atoms with E-state index in [1.165, 1.54) is 6.07 Å². The van der Waals surface area contributed by atoms with E-state index in [4.69, 9.17) is 5.11 Å². The third-order valence-electron chi connectivity index (χ3n) is 2.27. The van der Waals surface area contributed by atoms with Crippen molar-refractivity contribution in [3.8, 4) is 0 Å². The largest absolute Gasteiger partial charge is 0.478 e. The zero-order valence-corrected chi connectivity index (χ0v) is 14.7. The van der Waals surface area contributed by atoms with E-state index >= 15 is 0 Å². The molecule has 0 unspecified atom stereocenters. The number of benzene rings is 1. The lowest BCUT2D eigenvalue weighted by Gasteiger charge is -2.09. The van der Waals surface area contributed by atoms with E-state index in [9.17, 15) is 4.79 Å². The summed E-state index contributed by atoms with van der Waals surface area (Å²) >= 11 is 8.81. The summed E-state index contributed by atoms with van der Waals surface area (Å²) in [6.07, 6.45) is 1.55. The summed E-state index contributed by atoms with van der Waals surface area (Å²) in [5.74, 6) is -0.711. The summed E-state index contributed by atoms with van der Waals surface area (Å²) in [6, 6.07) is 7.16. The van der Waals surface area contributed by atoms with Crippen LogP contribution in [-0.2, 0) is 0 Å². The molecule has 0 aliphatic heterocycles. The second-order valence-electron chi connectivity index (χ2n) is 3.61. The van der Waals surface area contributed by atoms with Crippen LogP contribution in [0.5, 0.6) is 0 Å². The Bertz CT molecular complexity index is 650.